The highest BCUT2D eigenvalue weighted by Gasteiger charge is 2.24. The van der Waals surface area contributed by atoms with Gasteiger partial charge in [0.1, 0.15) is 0 Å². The average Bonchev–Trinajstić information content (AvgIpc) is 3.49. The molecule has 74 heavy (non-hydrogen) atoms. The number of aromatic nitrogens is 6. The summed E-state index contributed by atoms with van der Waals surface area (Å²) in [6.07, 6.45) is 0. The molecule has 0 amide bonds. The second kappa shape index (κ2) is 20.2. The Bertz CT molecular complexity index is 3790. The van der Waals surface area contributed by atoms with Crippen molar-refractivity contribution in [3.8, 4) is 130 Å². The van der Waals surface area contributed by atoms with Crippen molar-refractivity contribution < 1.29 is 0 Å². The van der Waals surface area contributed by atoms with Crippen LogP contribution in [0.2, 0.25) is 0 Å². The van der Waals surface area contributed by atoms with E-state index < -0.39 is 0 Å². The summed E-state index contributed by atoms with van der Waals surface area (Å²) in [5.41, 5.74) is 15.0. The first-order valence-corrected chi connectivity index (χ1v) is 24.4. The summed E-state index contributed by atoms with van der Waals surface area (Å²) in [6.45, 7) is 0. The van der Waals surface area contributed by atoms with Crippen molar-refractivity contribution in [2.24, 2.45) is 0 Å². The molecule has 0 aliphatic carbocycles. The molecule has 0 saturated carbocycles. The SMILES string of the molecule is N#Cc1ccccc1-c1c(-c2ccccc2-c2nc(-c3ccccc3)nc(-c3ccccc3-c3ccccc3)n2)cccc1-c1ccccc1-c1nc(-c2ccccc2)nc(-c2ccccc2-c2ccccc2)n1. The lowest BCUT2D eigenvalue weighted by molar-refractivity contribution is 1.07. The van der Waals surface area contributed by atoms with Crippen molar-refractivity contribution in [1.82, 2.24) is 29.9 Å². The Balaban J connectivity index is 1.08. The first-order chi connectivity index (χ1) is 36.7. The van der Waals surface area contributed by atoms with Crippen LogP contribution in [0, 0.1) is 11.3 Å². The largest absolute Gasteiger partial charge is 0.208 e. The number of nitriles is 1. The molecule has 0 spiro atoms. The van der Waals surface area contributed by atoms with E-state index in [1.165, 1.54) is 0 Å². The van der Waals surface area contributed by atoms with Gasteiger partial charge >= 0.3 is 0 Å². The Hall–Kier alpha value is -10.3. The molecular weight excluding hydrogens is 903 g/mol. The van der Waals surface area contributed by atoms with Crippen LogP contribution >= 0.6 is 0 Å². The lowest BCUT2D eigenvalue weighted by Crippen LogP contribution is -2.03. The fraction of sp³-hybridized carbons (Fsp3) is 0. The summed E-state index contributed by atoms with van der Waals surface area (Å²) >= 11 is 0. The fourth-order valence-electron chi connectivity index (χ4n) is 9.68. The molecule has 2 aromatic heterocycles. The van der Waals surface area contributed by atoms with Gasteiger partial charge in [-0.3, -0.25) is 0 Å². The van der Waals surface area contributed by atoms with Gasteiger partial charge < -0.3 is 0 Å². The maximum Gasteiger partial charge on any atom is 0.164 e. The smallest absolute Gasteiger partial charge is 0.164 e. The van der Waals surface area contributed by atoms with Gasteiger partial charge in [-0.1, -0.05) is 255 Å². The number of nitrogens with zero attached hydrogens (tertiary/aromatic N) is 7. The first kappa shape index (κ1) is 44.9. The van der Waals surface area contributed by atoms with Crippen LogP contribution in [0.25, 0.3) is 124 Å². The normalized spacial score (nSPS) is 11.0. The van der Waals surface area contributed by atoms with Gasteiger partial charge in [0.2, 0.25) is 0 Å². The zero-order chi connectivity index (χ0) is 49.6. The second-order valence-electron chi connectivity index (χ2n) is 17.6. The first-order valence-electron chi connectivity index (χ1n) is 24.4. The van der Waals surface area contributed by atoms with Crippen LogP contribution in [0.1, 0.15) is 5.56 Å². The minimum Gasteiger partial charge on any atom is -0.208 e. The monoisotopic (exact) mass is 945 g/mol. The van der Waals surface area contributed by atoms with Crippen LogP contribution in [-0.2, 0) is 0 Å². The molecule has 2 heterocycles. The maximum absolute atomic E-state index is 10.8. The molecule has 0 aliphatic heterocycles. The van der Waals surface area contributed by atoms with Gasteiger partial charge in [-0.05, 0) is 56.1 Å². The third kappa shape index (κ3) is 8.81. The van der Waals surface area contributed by atoms with E-state index in [9.17, 15) is 5.26 Å². The van der Waals surface area contributed by atoms with Crippen LogP contribution in [0.15, 0.2) is 261 Å². The second-order valence-corrected chi connectivity index (χ2v) is 17.6. The quantitative estimate of drug-likeness (QED) is 0.127. The summed E-state index contributed by atoms with van der Waals surface area (Å²) < 4.78 is 0. The molecule has 0 N–H and O–H groups in total. The molecule has 12 rings (SSSR count). The van der Waals surface area contributed by atoms with Crippen molar-refractivity contribution in [2.45, 2.75) is 0 Å². The van der Waals surface area contributed by atoms with E-state index in [4.69, 9.17) is 29.9 Å². The Morgan fingerprint density at radius 2 is 0.459 bits per heavy atom. The zero-order valence-corrected chi connectivity index (χ0v) is 40.0. The third-order valence-corrected chi connectivity index (χ3v) is 13.1. The van der Waals surface area contributed by atoms with E-state index in [2.05, 4.69) is 97.1 Å². The highest BCUT2D eigenvalue weighted by atomic mass is 15.0. The molecule has 0 atom stereocenters. The molecule has 12 aromatic rings. The number of rotatable bonds is 11. The summed E-state index contributed by atoms with van der Waals surface area (Å²) in [6, 6.07) is 90.2. The number of hydrogen-bond acceptors (Lipinski definition) is 7. The Morgan fingerprint density at radius 3 is 0.824 bits per heavy atom. The topological polar surface area (TPSA) is 101 Å². The minimum atomic E-state index is 0.513. The van der Waals surface area contributed by atoms with Gasteiger partial charge in [0.25, 0.3) is 0 Å². The highest BCUT2D eigenvalue weighted by Crippen LogP contribution is 2.46. The van der Waals surface area contributed by atoms with Crippen molar-refractivity contribution in [1.29, 1.82) is 5.26 Å². The zero-order valence-electron chi connectivity index (χ0n) is 40.0. The Kier molecular flexibility index (Phi) is 12.3. The van der Waals surface area contributed by atoms with E-state index >= 15 is 0 Å². The van der Waals surface area contributed by atoms with Gasteiger partial charge in [-0.15, -0.1) is 0 Å². The van der Waals surface area contributed by atoms with Gasteiger partial charge in [0.15, 0.2) is 34.9 Å². The van der Waals surface area contributed by atoms with Gasteiger partial charge in [-0.2, -0.15) is 5.26 Å². The Morgan fingerprint density at radius 1 is 0.203 bits per heavy atom. The molecule has 346 valence electrons. The van der Waals surface area contributed by atoms with Crippen molar-refractivity contribution in [2.75, 3.05) is 0 Å². The predicted molar refractivity (Wildman–Crippen MR) is 298 cm³/mol. The summed E-state index contributed by atoms with van der Waals surface area (Å²) in [5.74, 6) is 3.25. The minimum absolute atomic E-state index is 0.513. The van der Waals surface area contributed by atoms with E-state index in [0.717, 1.165) is 89.0 Å². The van der Waals surface area contributed by atoms with E-state index in [1.807, 2.05) is 170 Å². The summed E-state index contributed by atoms with van der Waals surface area (Å²) in [7, 11) is 0. The third-order valence-electron chi connectivity index (χ3n) is 13.1. The standard InChI is InChI=1S/C67H43N7/c68-44-49-32-13-14-35-52(49)61-55(53-36-17-21-40-59(53)66-71-62(47-28-9-3-10-29-47)69-64(73-66)57-38-19-15-33-50(57)45-24-5-1-6-25-45)42-23-43-56(61)54-37-18-22-41-60(54)67-72-63(48-30-11-4-12-31-48)70-65(74-67)58-39-20-16-34-51(58)46-26-7-2-8-27-46/h1-43H. The van der Waals surface area contributed by atoms with E-state index in [1.54, 1.807) is 0 Å². The van der Waals surface area contributed by atoms with E-state index in [0.29, 0.717) is 40.5 Å². The average molecular weight is 946 g/mol. The molecule has 0 aliphatic rings. The highest BCUT2D eigenvalue weighted by molar-refractivity contribution is 6.01. The fourth-order valence-corrected chi connectivity index (χ4v) is 9.68. The molecular formula is C67H43N7. The van der Waals surface area contributed by atoms with Crippen LogP contribution in [0.3, 0.4) is 0 Å². The molecule has 0 radical (unpaired) electrons. The van der Waals surface area contributed by atoms with Gasteiger partial charge in [-0.25, -0.2) is 29.9 Å². The summed E-state index contributed by atoms with van der Waals surface area (Å²) in [5, 5.41) is 10.8. The predicted octanol–water partition coefficient (Wildman–Crippen LogP) is 16.3. The number of hydrogen-bond donors (Lipinski definition) is 0. The molecule has 7 heteroatoms. The van der Waals surface area contributed by atoms with Gasteiger partial charge in [0.05, 0.1) is 11.6 Å². The lowest BCUT2D eigenvalue weighted by atomic mass is 9.83. The summed E-state index contributed by atoms with van der Waals surface area (Å²) in [4.78, 5) is 31.5. The number of benzene rings is 10. The van der Waals surface area contributed by atoms with Crippen LogP contribution in [0.5, 0.6) is 0 Å². The van der Waals surface area contributed by atoms with Crippen molar-refractivity contribution in [3.05, 3.63) is 266 Å². The van der Waals surface area contributed by atoms with E-state index in [-0.39, 0.29) is 0 Å². The molecule has 0 fully saturated rings. The molecule has 0 unspecified atom stereocenters. The molecule has 0 saturated heterocycles. The van der Waals surface area contributed by atoms with Crippen molar-refractivity contribution >= 4 is 0 Å². The maximum atomic E-state index is 10.8. The molecule has 0 bridgehead atoms. The van der Waals surface area contributed by atoms with Crippen molar-refractivity contribution in [3.63, 3.8) is 0 Å². The lowest BCUT2D eigenvalue weighted by Gasteiger charge is -2.21. The molecule has 7 nitrogen and oxygen atoms in total. The Labute approximate surface area is 429 Å². The van der Waals surface area contributed by atoms with Crippen LogP contribution in [-0.4, -0.2) is 29.9 Å². The van der Waals surface area contributed by atoms with Crippen LogP contribution < -0.4 is 0 Å². The molecule has 10 aromatic carbocycles. The van der Waals surface area contributed by atoms with Crippen LogP contribution in [0.4, 0.5) is 0 Å². The van der Waals surface area contributed by atoms with Gasteiger partial charge in [0, 0.05) is 38.9 Å².